The Hall–Kier alpha value is -3.38. The standard InChI is InChI=1S/C21H27N7O4S/c1-16(9-10-28-19(26(2)15-29)11-18(24-28)13-32-33(3)31)23-21(30)20-22-14-27(25-20)12-17-7-5-4-6-8-17/h4-8,11,14-16H,9-10,12-13H2,1-3H3,(H,23,30). The summed E-state index contributed by atoms with van der Waals surface area (Å²) in [6.45, 7) is 2.91. The van der Waals surface area contributed by atoms with Gasteiger partial charge in [-0.25, -0.2) is 18.6 Å². The number of rotatable bonds is 12. The molecule has 0 aliphatic heterocycles. The first-order valence-electron chi connectivity index (χ1n) is 10.3. The van der Waals surface area contributed by atoms with E-state index in [9.17, 15) is 13.8 Å². The number of aryl methyl sites for hydroxylation is 1. The summed E-state index contributed by atoms with van der Waals surface area (Å²) in [7, 11) is 1.62. The lowest BCUT2D eigenvalue weighted by molar-refractivity contribution is -0.107. The molecule has 0 fully saturated rings. The molecule has 176 valence electrons. The molecule has 0 aliphatic rings. The maximum atomic E-state index is 12.5. The summed E-state index contributed by atoms with van der Waals surface area (Å²) in [4.78, 5) is 29.3. The third-order valence-electron chi connectivity index (χ3n) is 4.78. The normalized spacial score (nSPS) is 12.8. The Kier molecular flexibility index (Phi) is 8.44. The molecule has 0 aliphatic carbocycles. The van der Waals surface area contributed by atoms with Crippen LogP contribution in [0.1, 0.15) is 35.2 Å². The van der Waals surface area contributed by atoms with Crippen molar-refractivity contribution in [2.24, 2.45) is 0 Å². The van der Waals surface area contributed by atoms with Crippen LogP contribution in [0, 0.1) is 0 Å². The smallest absolute Gasteiger partial charge is 0.291 e. The number of benzene rings is 1. The van der Waals surface area contributed by atoms with Crippen LogP contribution in [0.2, 0.25) is 0 Å². The van der Waals surface area contributed by atoms with Gasteiger partial charge in [-0.15, -0.1) is 5.10 Å². The second kappa shape index (κ2) is 11.5. The molecule has 11 nitrogen and oxygen atoms in total. The second-order valence-corrected chi connectivity index (χ2v) is 8.55. The molecule has 3 aromatic rings. The molecule has 2 atom stereocenters. The minimum Gasteiger partial charge on any atom is -0.347 e. The molecule has 3 rings (SSSR count). The molecular weight excluding hydrogens is 446 g/mol. The van der Waals surface area contributed by atoms with Crippen LogP contribution in [-0.4, -0.2) is 60.4 Å². The second-order valence-electron chi connectivity index (χ2n) is 7.51. The van der Waals surface area contributed by atoms with Crippen molar-refractivity contribution in [1.29, 1.82) is 0 Å². The van der Waals surface area contributed by atoms with Crippen molar-refractivity contribution >= 4 is 29.2 Å². The summed E-state index contributed by atoms with van der Waals surface area (Å²) in [6.07, 6.45) is 4.20. The lowest BCUT2D eigenvalue weighted by atomic mass is 10.2. The maximum Gasteiger partial charge on any atom is 0.291 e. The van der Waals surface area contributed by atoms with Gasteiger partial charge in [0.1, 0.15) is 18.8 Å². The van der Waals surface area contributed by atoms with Crippen LogP contribution in [0.3, 0.4) is 0 Å². The Morgan fingerprint density at radius 3 is 2.76 bits per heavy atom. The minimum atomic E-state index is -1.42. The molecule has 0 radical (unpaired) electrons. The fraction of sp³-hybridized carbons (Fsp3) is 0.381. The van der Waals surface area contributed by atoms with Gasteiger partial charge in [0.25, 0.3) is 5.91 Å². The quantitative estimate of drug-likeness (QED) is 0.391. The number of hydrogen-bond acceptors (Lipinski definition) is 7. The molecule has 0 saturated heterocycles. The molecule has 12 heteroatoms. The Balaban J connectivity index is 1.56. The average Bonchev–Trinajstić information content (AvgIpc) is 3.43. The fourth-order valence-electron chi connectivity index (χ4n) is 3.10. The number of nitrogens with one attached hydrogen (secondary N) is 1. The van der Waals surface area contributed by atoms with Gasteiger partial charge in [0.2, 0.25) is 12.2 Å². The molecule has 1 aromatic carbocycles. The van der Waals surface area contributed by atoms with Crippen LogP contribution in [-0.2, 0) is 39.8 Å². The number of hydrogen-bond donors (Lipinski definition) is 1. The van der Waals surface area contributed by atoms with Gasteiger partial charge in [0.05, 0.1) is 12.2 Å². The summed E-state index contributed by atoms with van der Waals surface area (Å²) in [6, 6.07) is 11.3. The molecule has 0 bridgehead atoms. The number of carbonyl (C=O) groups excluding carboxylic acids is 2. The molecule has 1 N–H and O–H groups in total. The van der Waals surface area contributed by atoms with E-state index in [0.29, 0.717) is 37.4 Å². The third-order valence-corrected chi connectivity index (χ3v) is 5.23. The van der Waals surface area contributed by atoms with Crippen LogP contribution in [0.5, 0.6) is 0 Å². The van der Waals surface area contributed by atoms with E-state index in [1.165, 1.54) is 17.5 Å². The van der Waals surface area contributed by atoms with E-state index >= 15 is 0 Å². The van der Waals surface area contributed by atoms with Crippen molar-refractivity contribution in [3.05, 3.63) is 59.8 Å². The summed E-state index contributed by atoms with van der Waals surface area (Å²) in [5.74, 6) is 0.315. The van der Waals surface area contributed by atoms with E-state index in [-0.39, 0.29) is 24.4 Å². The molecular formula is C21H27N7O4S. The van der Waals surface area contributed by atoms with Gasteiger partial charge in [0.15, 0.2) is 11.1 Å². The average molecular weight is 474 g/mol. The predicted molar refractivity (Wildman–Crippen MR) is 123 cm³/mol. The molecule has 33 heavy (non-hydrogen) atoms. The van der Waals surface area contributed by atoms with Gasteiger partial charge in [-0.2, -0.15) is 5.10 Å². The zero-order valence-corrected chi connectivity index (χ0v) is 19.6. The first-order valence-corrected chi connectivity index (χ1v) is 11.8. The number of amides is 2. The first-order chi connectivity index (χ1) is 15.9. The van der Waals surface area contributed by atoms with E-state index in [2.05, 4.69) is 20.5 Å². The van der Waals surface area contributed by atoms with Gasteiger partial charge in [0, 0.05) is 32.0 Å². The van der Waals surface area contributed by atoms with Crippen LogP contribution in [0.25, 0.3) is 0 Å². The summed E-state index contributed by atoms with van der Waals surface area (Å²) in [5, 5.41) is 11.6. The third kappa shape index (κ3) is 7.05. The monoisotopic (exact) mass is 473 g/mol. The van der Waals surface area contributed by atoms with E-state index < -0.39 is 11.1 Å². The highest BCUT2D eigenvalue weighted by molar-refractivity contribution is 7.79. The largest absolute Gasteiger partial charge is 0.347 e. The highest BCUT2D eigenvalue weighted by Crippen LogP contribution is 2.16. The van der Waals surface area contributed by atoms with E-state index in [4.69, 9.17) is 4.18 Å². The number of carbonyl (C=O) groups is 2. The van der Waals surface area contributed by atoms with E-state index in [1.807, 2.05) is 37.3 Å². The SMILES string of the molecule is CC(CCn1nc(COS(C)=O)cc1N(C)C=O)NC(=O)c1ncn(Cc2ccccc2)n1. The fourth-order valence-corrected chi connectivity index (χ4v) is 3.38. The van der Waals surface area contributed by atoms with Gasteiger partial charge >= 0.3 is 0 Å². The minimum absolute atomic E-state index is 0.0689. The predicted octanol–water partition coefficient (Wildman–Crippen LogP) is 1.13. The molecule has 2 amide bonds. The van der Waals surface area contributed by atoms with E-state index in [0.717, 1.165) is 5.56 Å². The highest BCUT2D eigenvalue weighted by Gasteiger charge is 2.17. The van der Waals surface area contributed by atoms with Crippen LogP contribution in [0.15, 0.2) is 42.7 Å². The molecule has 0 saturated carbocycles. The summed E-state index contributed by atoms with van der Waals surface area (Å²) < 4.78 is 19.5. The maximum absolute atomic E-state index is 12.5. The van der Waals surface area contributed by atoms with Crippen molar-refractivity contribution < 1.29 is 18.0 Å². The van der Waals surface area contributed by atoms with Crippen LogP contribution >= 0.6 is 0 Å². The topological polar surface area (TPSA) is 124 Å². The van der Waals surface area contributed by atoms with E-state index in [1.54, 1.807) is 22.5 Å². The van der Waals surface area contributed by atoms with Crippen molar-refractivity contribution in [3.8, 4) is 0 Å². The van der Waals surface area contributed by atoms with Crippen molar-refractivity contribution in [1.82, 2.24) is 29.9 Å². The Labute approximate surface area is 194 Å². The first kappa shape index (κ1) is 24.3. The lowest BCUT2D eigenvalue weighted by Gasteiger charge is -2.16. The molecule has 0 spiro atoms. The number of nitrogens with zero attached hydrogens (tertiary/aromatic N) is 6. The van der Waals surface area contributed by atoms with Crippen molar-refractivity contribution in [2.75, 3.05) is 18.2 Å². The zero-order chi connectivity index (χ0) is 23.8. The van der Waals surface area contributed by atoms with Crippen molar-refractivity contribution in [2.45, 2.75) is 39.1 Å². The Bertz CT molecular complexity index is 1100. The molecule has 2 heterocycles. The van der Waals surface area contributed by atoms with Crippen molar-refractivity contribution in [3.63, 3.8) is 0 Å². The summed E-state index contributed by atoms with van der Waals surface area (Å²) >= 11 is -1.42. The highest BCUT2D eigenvalue weighted by atomic mass is 32.2. The lowest BCUT2D eigenvalue weighted by Crippen LogP contribution is -2.34. The van der Waals surface area contributed by atoms with Crippen LogP contribution < -0.4 is 10.2 Å². The summed E-state index contributed by atoms with van der Waals surface area (Å²) in [5.41, 5.74) is 1.62. The molecule has 2 unspecified atom stereocenters. The molecule has 2 aromatic heterocycles. The van der Waals surface area contributed by atoms with Gasteiger partial charge in [-0.05, 0) is 18.9 Å². The Morgan fingerprint density at radius 1 is 1.30 bits per heavy atom. The number of anilines is 1. The zero-order valence-electron chi connectivity index (χ0n) is 18.7. The van der Waals surface area contributed by atoms with Crippen LogP contribution in [0.4, 0.5) is 5.82 Å². The van der Waals surface area contributed by atoms with Gasteiger partial charge in [-0.1, -0.05) is 30.3 Å². The van der Waals surface area contributed by atoms with Gasteiger partial charge < -0.3 is 10.2 Å². The Morgan fingerprint density at radius 2 is 2.06 bits per heavy atom. The van der Waals surface area contributed by atoms with Gasteiger partial charge in [-0.3, -0.25) is 13.8 Å². The number of aromatic nitrogens is 5.